The number of rotatable bonds is 1. The summed E-state index contributed by atoms with van der Waals surface area (Å²) in [5.74, 6) is 0. The minimum absolute atomic E-state index is 0.357. The third-order valence-corrected chi connectivity index (χ3v) is 1.68. The lowest BCUT2D eigenvalue weighted by Crippen LogP contribution is -1.86. The van der Waals surface area contributed by atoms with Gasteiger partial charge in [-0.25, -0.2) is 0 Å². The fourth-order valence-electron chi connectivity index (χ4n) is 0.602. The molecule has 0 saturated carbocycles. The minimum atomic E-state index is 0.357. The molecule has 0 radical (unpaired) electrons. The van der Waals surface area contributed by atoms with Crippen molar-refractivity contribution in [1.82, 2.24) is 4.98 Å². The second kappa shape index (κ2) is 3.55. The molecule has 0 spiro atoms. The van der Waals surface area contributed by atoms with Crippen LogP contribution in [-0.4, -0.2) is 16.4 Å². The molecule has 0 bridgehead atoms. The lowest BCUT2D eigenvalue weighted by molar-refractivity contribution is 0.322. The van der Waals surface area contributed by atoms with E-state index in [1.54, 1.807) is 0 Å². The number of halogens is 2. The number of nitrogens with zero attached hydrogens (tertiary/aromatic N) is 2. The summed E-state index contributed by atoms with van der Waals surface area (Å²) < 4.78 is 0. The van der Waals surface area contributed by atoms with Crippen LogP contribution in [0.5, 0.6) is 0 Å². The number of hydrogen-bond donors (Lipinski definition) is 1. The van der Waals surface area contributed by atoms with E-state index in [1.165, 1.54) is 12.4 Å². The lowest BCUT2D eigenvalue weighted by Gasteiger charge is -1.96. The summed E-state index contributed by atoms with van der Waals surface area (Å²) in [7, 11) is 0. The van der Waals surface area contributed by atoms with Gasteiger partial charge in [-0.15, -0.1) is 0 Å². The maximum Gasteiger partial charge on any atom is 0.0764 e. The van der Waals surface area contributed by atoms with Crippen molar-refractivity contribution in [2.24, 2.45) is 5.16 Å². The van der Waals surface area contributed by atoms with E-state index in [-0.39, 0.29) is 0 Å². The molecule has 0 fully saturated rings. The van der Waals surface area contributed by atoms with E-state index in [0.29, 0.717) is 15.6 Å². The first-order valence-corrected chi connectivity index (χ1v) is 3.47. The molecule has 0 aliphatic heterocycles. The van der Waals surface area contributed by atoms with Gasteiger partial charge in [0, 0.05) is 18.0 Å². The van der Waals surface area contributed by atoms with Crippen molar-refractivity contribution in [3.63, 3.8) is 0 Å². The average molecular weight is 191 g/mol. The second-order valence-corrected chi connectivity index (χ2v) is 2.58. The molecule has 1 N–H and O–H groups in total. The first-order chi connectivity index (χ1) is 5.25. The number of pyridine rings is 1. The number of aromatic nitrogens is 1. The summed E-state index contributed by atoms with van der Waals surface area (Å²) in [4.78, 5) is 3.72. The van der Waals surface area contributed by atoms with Crippen LogP contribution in [0.25, 0.3) is 0 Å². The molecule has 0 saturated heterocycles. The Kier molecular flexibility index (Phi) is 2.68. The molecule has 58 valence electrons. The van der Waals surface area contributed by atoms with E-state index in [9.17, 15) is 0 Å². The molecule has 5 heteroatoms. The quantitative estimate of drug-likeness (QED) is 0.420. The van der Waals surface area contributed by atoms with Crippen LogP contribution in [0.1, 0.15) is 5.56 Å². The summed E-state index contributed by atoms with van der Waals surface area (Å²) in [6, 6.07) is 0. The zero-order chi connectivity index (χ0) is 8.27. The van der Waals surface area contributed by atoms with E-state index in [0.717, 1.165) is 6.21 Å². The van der Waals surface area contributed by atoms with Crippen molar-refractivity contribution in [1.29, 1.82) is 0 Å². The second-order valence-electron chi connectivity index (χ2n) is 1.76. The summed E-state index contributed by atoms with van der Waals surface area (Å²) >= 11 is 11.3. The van der Waals surface area contributed by atoms with Crippen LogP contribution >= 0.6 is 23.2 Å². The third kappa shape index (κ3) is 1.82. The predicted molar refractivity (Wildman–Crippen MR) is 43.6 cm³/mol. The highest BCUT2D eigenvalue weighted by molar-refractivity contribution is 6.38. The zero-order valence-electron chi connectivity index (χ0n) is 5.33. The van der Waals surface area contributed by atoms with Gasteiger partial charge in [0.15, 0.2) is 0 Å². The Morgan fingerprint density at radius 1 is 1.36 bits per heavy atom. The van der Waals surface area contributed by atoms with Gasteiger partial charge in [-0.3, -0.25) is 4.98 Å². The molecule has 0 aromatic carbocycles. The Labute approximate surface area is 73.3 Å². The Bertz CT molecular complexity index is 268. The molecule has 1 aromatic rings. The van der Waals surface area contributed by atoms with Gasteiger partial charge in [0.25, 0.3) is 0 Å². The first-order valence-electron chi connectivity index (χ1n) is 2.72. The Morgan fingerprint density at radius 2 is 1.91 bits per heavy atom. The molecular weight excluding hydrogens is 187 g/mol. The van der Waals surface area contributed by atoms with Gasteiger partial charge in [0.2, 0.25) is 0 Å². The topological polar surface area (TPSA) is 45.5 Å². The van der Waals surface area contributed by atoms with Gasteiger partial charge in [0.1, 0.15) is 0 Å². The molecule has 0 atom stereocenters. The van der Waals surface area contributed by atoms with Crippen molar-refractivity contribution in [2.45, 2.75) is 0 Å². The molecule has 1 rings (SSSR count). The fourth-order valence-corrected chi connectivity index (χ4v) is 1.06. The van der Waals surface area contributed by atoms with Crippen LogP contribution in [0.2, 0.25) is 10.0 Å². The van der Waals surface area contributed by atoms with Crippen molar-refractivity contribution < 1.29 is 5.21 Å². The smallest absolute Gasteiger partial charge is 0.0764 e. The normalized spacial score (nSPS) is 10.7. The highest BCUT2D eigenvalue weighted by Gasteiger charge is 2.02. The average Bonchev–Trinajstić information content (AvgIpc) is 1.97. The van der Waals surface area contributed by atoms with Gasteiger partial charge < -0.3 is 5.21 Å². The standard InChI is InChI=1S/C6H4Cl2N2O/c7-5-2-9-3-6(8)4(5)1-10-11/h1-3,11H/b10-1+. The molecule has 1 aromatic heterocycles. The highest BCUT2D eigenvalue weighted by atomic mass is 35.5. The van der Waals surface area contributed by atoms with Crippen molar-refractivity contribution >= 4 is 29.4 Å². The van der Waals surface area contributed by atoms with Crippen LogP contribution in [0.3, 0.4) is 0 Å². The lowest BCUT2D eigenvalue weighted by atomic mass is 10.3. The minimum Gasteiger partial charge on any atom is -0.411 e. The largest absolute Gasteiger partial charge is 0.411 e. The molecule has 0 unspecified atom stereocenters. The van der Waals surface area contributed by atoms with Crippen LogP contribution in [0.15, 0.2) is 17.5 Å². The summed E-state index contributed by atoms with van der Waals surface area (Å²) in [6.45, 7) is 0. The monoisotopic (exact) mass is 190 g/mol. The van der Waals surface area contributed by atoms with Crippen molar-refractivity contribution in [3.8, 4) is 0 Å². The SMILES string of the molecule is O/N=C/c1c(Cl)cncc1Cl. The molecule has 0 aliphatic carbocycles. The van der Waals surface area contributed by atoms with Gasteiger partial charge in [-0.05, 0) is 0 Å². The zero-order valence-corrected chi connectivity index (χ0v) is 6.84. The van der Waals surface area contributed by atoms with Gasteiger partial charge in [-0.1, -0.05) is 28.4 Å². The summed E-state index contributed by atoms with van der Waals surface area (Å²) in [5.41, 5.74) is 0.464. The fraction of sp³-hybridized carbons (Fsp3) is 0. The van der Waals surface area contributed by atoms with Crippen LogP contribution in [-0.2, 0) is 0 Å². The van der Waals surface area contributed by atoms with E-state index in [1.807, 2.05) is 0 Å². The van der Waals surface area contributed by atoms with Gasteiger partial charge >= 0.3 is 0 Å². The third-order valence-electron chi connectivity index (χ3n) is 1.08. The maximum atomic E-state index is 8.20. The van der Waals surface area contributed by atoms with E-state index in [2.05, 4.69) is 10.1 Å². The van der Waals surface area contributed by atoms with Crippen LogP contribution < -0.4 is 0 Å². The molecule has 3 nitrogen and oxygen atoms in total. The molecule has 1 heterocycles. The van der Waals surface area contributed by atoms with Crippen LogP contribution in [0, 0.1) is 0 Å². The molecule has 0 amide bonds. The van der Waals surface area contributed by atoms with Crippen molar-refractivity contribution in [3.05, 3.63) is 28.0 Å². The highest BCUT2D eigenvalue weighted by Crippen LogP contribution is 2.20. The van der Waals surface area contributed by atoms with E-state index in [4.69, 9.17) is 28.4 Å². The Hall–Kier alpha value is -0.800. The van der Waals surface area contributed by atoms with E-state index >= 15 is 0 Å². The Balaban J connectivity index is 3.20. The molecule has 0 aliphatic rings. The number of hydrogen-bond acceptors (Lipinski definition) is 3. The molecule has 11 heavy (non-hydrogen) atoms. The predicted octanol–water partition coefficient (Wildman–Crippen LogP) is 2.20. The van der Waals surface area contributed by atoms with Gasteiger partial charge in [0.05, 0.1) is 16.3 Å². The summed E-state index contributed by atoms with van der Waals surface area (Å²) in [6.07, 6.45) is 4.00. The van der Waals surface area contributed by atoms with Crippen LogP contribution in [0.4, 0.5) is 0 Å². The van der Waals surface area contributed by atoms with Crippen molar-refractivity contribution in [2.75, 3.05) is 0 Å². The maximum absolute atomic E-state index is 8.20. The number of oxime groups is 1. The van der Waals surface area contributed by atoms with Gasteiger partial charge in [-0.2, -0.15) is 0 Å². The first kappa shape index (κ1) is 8.30. The summed E-state index contributed by atoms with van der Waals surface area (Å²) in [5, 5.41) is 11.7. The Morgan fingerprint density at radius 3 is 2.36 bits per heavy atom. The molecular formula is C6H4Cl2N2O. The van der Waals surface area contributed by atoms with E-state index < -0.39 is 0 Å².